The van der Waals surface area contributed by atoms with Crippen LogP contribution in [-0.2, 0) is 17.8 Å². The highest BCUT2D eigenvalue weighted by Gasteiger charge is 2.14. The van der Waals surface area contributed by atoms with E-state index in [0.717, 1.165) is 16.2 Å². The van der Waals surface area contributed by atoms with Gasteiger partial charge in [0.1, 0.15) is 0 Å². The molecule has 1 aromatic carbocycles. The van der Waals surface area contributed by atoms with Gasteiger partial charge in [0.2, 0.25) is 11.7 Å². The Kier molecular flexibility index (Phi) is 5.62. The van der Waals surface area contributed by atoms with Crippen LogP contribution in [0, 0.1) is 0 Å². The number of benzene rings is 1. The van der Waals surface area contributed by atoms with Gasteiger partial charge in [0, 0.05) is 24.2 Å². The van der Waals surface area contributed by atoms with E-state index in [-0.39, 0.29) is 5.91 Å². The molecule has 0 atom stereocenters. The molecule has 26 heavy (non-hydrogen) atoms. The van der Waals surface area contributed by atoms with Crippen LogP contribution in [0.3, 0.4) is 0 Å². The molecule has 0 saturated heterocycles. The van der Waals surface area contributed by atoms with Crippen molar-refractivity contribution >= 4 is 22.2 Å². The average molecular weight is 375 g/mol. The average Bonchev–Trinajstić information content (AvgIpc) is 3.25. The number of methoxy groups -OCH3 is 3. The molecule has 1 N–H and O–H groups in total. The third kappa shape index (κ3) is 3.91. The van der Waals surface area contributed by atoms with Crippen molar-refractivity contribution in [2.45, 2.75) is 19.4 Å². The van der Waals surface area contributed by atoms with Gasteiger partial charge in [-0.15, -0.1) is 11.3 Å². The summed E-state index contributed by atoms with van der Waals surface area (Å²) >= 11 is 1.57. The minimum atomic E-state index is -0.0323. The zero-order chi connectivity index (χ0) is 18.5. The third-order valence-electron chi connectivity index (χ3n) is 3.98. The van der Waals surface area contributed by atoms with E-state index in [9.17, 15) is 4.79 Å². The topological polar surface area (TPSA) is 74.1 Å². The van der Waals surface area contributed by atoms with Crippen LogP contribution in [0.4, 0.5) is 0 Å². The first-order valence-corrected chi connectivity index (χ1v) is 8.99. The summed E-state index contributed by atoms with van der Waals surface area (Å²) in [5.74, 6) is 1.68. The van der Waals surface area contributed by atoms with Gasteiger partial charge >= 0.3 is 0 Å². The number of hydrogen-bond donors (Lipinski definition) is 1. The highest BCUT2D eigenvalue weighted by Crippen LogP contribution is 2.38. The lowest BCUT2D eigenvalue weighted by Crippen LogP contribution is -2.23. The highest BCUT2D eigenvalue weighted by atomic mass is 32.1. The second kappa shape index (κ2) is 8.09. The van der Waals surface area contributed by atoms with Gasteiger partial charge in [-0.3, -0.25) is 9.20 Å². The molecule has 0 bridgehead atoms. The molecule has 3 aromatic rings. The van der Waals surface area contributed by atoms with Crippen LogP contribution in [0.2, 0.25) is 0 Å². The largest absolute Gasteiger partial charge is 0.493 e. The number of aromatic nitrogens is 2. The van der Waals surface area contributed by atoms with E-state index in [2.05, 4.69) is 10.3 Å². The lowest BCUT2D eigenvalue weighted by Gasteiger charge is -2.14. The molecule has 1 amide bonds. The molecule has 7 nitrogen and oxygen atoms in total. The van der Waals surface area contributed by atoms with Crippen molar-refractivity contribution in [1.29, 1.82) is 0 Å². The number of thiazole rings is 1. The minimum absolute atomic E-state index is 0.0323. The SMILES string of the molecule is COc1cc(CCC(=O)NCc2cn3ccsc3n2)cc(OC)c1OC. The number of fused-ring (bicyclic) bond motifs is 1. The number of carbonyl (C=O) groups excluding carboxylic acids is 1. The summed E-state index contributed by atoms with van der Waals surface area (Å²) in [4.78, 5) is 17.5. The molecule has 0 radical (unpaired) electrons. The Bertz CT molecular complexity index is 849. The second-order valence-electron chi connectivity index (χ2n) is 5.64. The number of ether oxygens (including phenoxy) is 3. The van der Waals surface area contributed by atoms with Gasteiger partial charge in [-0.2, -0.15) is 0 Å². The number of imidazole rings is 1. The van der Waals surface area contributed by atoms with Gasteiger partial charge in [-0.25, -0.2) is 4.98 Å². The van der Waals surface area contributed by atoms with E-state index < -0.39 is 0 Å². The molecule has 2 aromatic heterocycles. The Hall–Kier alpha value is -2.74. The molecular weight excluding hydrogens is 354 g/mol. The third-order valence-corrected chi connectivity index (χ3v) is 4.75. The van der Waals surface area contributed by atoms with Crippen LogP contribution in [0.5, 0.6) is 17.2 Å². The molecule has 0 saturated carbocycles. The summed E-state index contributed by atoms with van der Waals surface area (Å²) in [7, 11) is 4.71. The first kappa shape index (κ1) is 18.1. The van der Waals surface area contributed by atoms with Crippen LogP contribution in [0.1, 0.15) is 17.7 Å². The fourth-order valence-electron chi connectivity index (χ4n) is 2.68. The van der Waals surface area contributed by atoms with Gasteiger partial charge in [-0.05, 0) is 24.1 Å². The van der Waals surface area contributed by atoms with Crippen LogP contribution < -0.4 is 19.5 Å². The summed E-state index contributed by atoms with van der Waals surface area (Å²) in [5, 5.41) is 4.88. The zero-order valence-corrected chi connectivity index (χ0v) is 15.8. The maximum absolute atomic E-state index is 12.1. The Morgan fingerprint density at radius 3 is 2.54 bits per heavy atom. The second-order valence-corrected chi connectivity index (χ2v) is 6.51. The summed E-state index contributed by atoms with van der Waals surface area (Å²) in [5.41, 5.74) is 1.79. The van der Waals surface area contributed by atoms with E-state index >= 15 is 0 Å². The molecule has 0 aliphatic carbocycles. The van der Waals surface area contributed by atoms with Crippen molar-refractivity contribution in [3.05, 3.63) is 41.2 Å². The molecule has 8 heteroatoms. The van der Waals surface area contributed by atoms with Crippen molar-refractivity contribution in [2.75, 3.05) is 21.3 Å². The molecule has 138 valence electrons. The van der Waals surface area contributed by atoms with E-state index in [1.165, 1.54) is 0 Å². The smallest absolute Gasteiger partial charge is 0.220 e. The Labute approximate surface area is 155 Å². The van der Waals surface area contributed by atoms with Crippen molar-refractivity contribution in [2.24, 2.45) is 0 Å². The zero-order valence-electron chi connectivity index (χ0n) is 14.9. The van der Waals surface area contributed by atoms with Gasteiger partial charge in [-0.1, -0.05) is 0 Å². The minimum Gasteiger partial charge on any atom is -0.493 e. The fraction of sp³-hybridized carbons (Fsp3) is 0.333. The van der Waals surface area contributed by atoms with Crippen molar-refractivity contribution < 1.29 is 19.0 Å². The number of nitrogens with one attached hydrogen (secondary N) is 1. The van der Waals surface area contributed by atoms with Gasteiger partial charge in [0.05, 0.1) is 33.6 Å². The molecule has 0 unspecified atom stereocenters. The quantitative estimate of drug-likeness (QED) is 0.655. The number of aryl methyl sites for hydroxylation is 1. The molecule has 0 spiro atoms. The van der Waals surface area contributed by atoms with Crippen LogP contribution in [-0.4, -0.2) is 36.6 Å². The van der Waals surface area contributed by atoms with Crippen molar-refractivity contribution in [1.82, 2.24) is 14.7 Å². The van der Waals surface area contributed by atoms with Crippen LogP contribution >= 0.6 is 11.3 Å². The fourth-order valence-corrected chi connectivity index (χ4v) is 3.40. The van der Waals surface area contributed by atoms with Gasteiger partial charge in [0.15, 0.2) is 16.5 Å². The number of carbonyl (C=O) groups is 1. The molecular formula is C18H21N3O4S. The number of amides is 1. The normalized spacial score (nSPS) is 10.7. The summed E-state index contributed by atoms with van der Waals surface area (Å²) < 4.78 is 17.9. The summed E-state index contributed by atoms with van der Waals surface area (Å²) in [6, 6.07) is 3.72. The first-order chi connectivity index (χ1) is 12.6. The molecule has 2 heterocycles. The lowest BCUT2D eigenvalue weighted by molar-refractivity contribution is -0.121. The van der Waals surface area contributed by atoms with Crippen molar-refractivity contribution in [3.8, 4) is 17.2 Å². The number of rotatable bonds is 8. The molecule has 0 aliphatic heterocycles. The highest BCUT2D eigenvalue weighted by molar-refractivity contribution is 7.15. The number of hydrogen-bond acceptors (Lipinski definition) is 6. The maximum Gasteiger partial charge on any atom is 0.220 e. The lowest BCUT2D eigenvalue weighted by atomic mass is 10.1. The Morgan fingerprint density at radius 2 is 1.92 bits per heavy atom. The van der Waals surface area contributed by atoms with Crippen LogP contribution in [0.25, 0.3) is 4.96 Å². The van der Waals surface area contributed by atoms with E-state index in [1.54, 1.807) is 32.7 Å². The standard InChI is InChI=1S/C18H21N3O4S/c1-23-14-8-12(9-15(24-2)17(14)25-3)4-5-16(22)19-10-13-11-21-6-7-26-18(21)20-13/h6-9,11H,4-5,10H2,1-3H3,(H,19,22). The van der Waals surface area contributed by atoms with Gasteiger partial charge < -0.3 is 19.5 Å². The van der Waals surface area contributed by atoms with E-state index in [1.807, 2.05) is 34.3 Å². The number of nitrogens with zero attached hydrogens (tertiary/aromatic N) is 2. The molecule has 0 fully saturated rings. The molecule has 3 rings (SSSR count). The predicted molar refractivity (Wildman–Crippen MR) is 99.3 cm³/mol. The van der Waals surface area contributed by atoms with Crippen molar-refractivity contribution in [3.63, 3.8) is 0 Å². The van der Waals surface area contributed by atoms with Gasteiger partial charge in [0.25, 0.3) is 0 Å². The Morgan fingerprint density at radius 1 is 1.19 bits per heavy atom. The maximum atomic E-state index is 12.1. The summed E-state index contributed by atoms with van der Waals surface area (Å²) in [6.07, 6.45) is 4.80. The van der Waals surface area contributed by atoms with E-state index in [4.69, 9.17) is 14.2 Å². The van der Waals surface area contributed by atoms with Crippen LogP contribution in [0.15, 0.2) is 29.9 Å². The monoisotopic (exact) mass is 375 g/mol. The molecule has 0 aliphatic rings. The van der Waals surface area contributed by atoms with E-state index in [0.29, 0.717) is 36.6 Å². The first-order valence-electron chi connectivity index (χ1n) is 8.11. The predicted octanol–water partition coefficient (Wildman–Crippen LogP) is 2.67. The summed E-state index contributed by atoms with van der Waals surface area (Å²) in [6.45, 7) is 0.419. The Balaban J connectivity index is 1.57.